The molecule has 0 saturated carbocycles. The minimum absolute atomic E-state index is 0.0352. The number of carbonyl (C=O) groups excluding carboxylic acids is 2. The average Bonchev–Trinajstić information content (AvgIpc) is 3.24. The Labute approximate surface area is 172 Å². The van der Waals surface area contributed by atoms with Crippen LogP contribution in [0.15, 0.2) is 48.5 Å². The lowest BCUT2D eigenvalue weighted by Gasteiger charge is -2.17. The van der Waals surface area contributed by atoms with Crippen molar-refractivity contribution < 1.29 is 14.3 Å². The van der Waals surface area contributed by atoms with Gasteiger partial charge in [-0.2, -0.15) is 5.21 Å². The van der Waals surface area contributed by atoms with Crippen LogP contribution in [-0.2, 0) is 16.0 Å². The third kappa shape index (κ3) is 5.86. The molecule has 1 aromatic heterocycles. The fourth-order valence-corrected chi connectivity index (χ4v) is 3.08. The van der Waals surface area contributed by atoms with Gasteiger partial charge in [-0.25, -0.2) is 0 Å². The summed E-state index contributed by atoms with van der Waals surface area (Å²) in [6.07, 6.45) is 0.478. The van der Waals surface area contributed by atoms with Crippen molar-refractivity contribution in [1.82, 2.24) is 25.9 Å². The van der Waals surface area contributed by atoms with E-state index in [1.54, 1.807) is 6.92 Å². The number of amides is 1. The van der Waals surface area contributed by atoms with Gasteiger partial charge in [-0.15, -0.1) is 10.2 Å². The molecule has 0 aliphatic heterocycles. The lowest BCUT2D eigenvalue weighted by Crippen LogP contribution is -2.39. The molecule has 0 fully saturated rings. The van der Waals surface area contributed by atoms with E-state index in [2.05, 4.69) is 25.9 Å². The molecular formula is C20H20ClN5O3. The fourth-order valence-electron chi connectivity index (χ4n) is 2.89. The molecule has 29 heavy (non-hydrogen) atoms. The van der Waals surface area contributed by atoms with Crippen LogP contribution in [0.5, 0.6) is 0 Å². The maximum atomic E-state index is 12.3. The number of H-pyrrole nitrogens is 1. The highest BCUT2D eigenvalue weighted by molar-refractivity contribution is 6.30. The van der Waals surface area contributed by atoms with Gasteiger partial charge in [-0.1, -0.05) is 48.0 Å². The Balaban J connectivity index is 1.72. The lowest BCUT2D eigenvalue weighted by atomic mass is 9.99. The first-order valence-corrected chi connectivity index (χ1v) is 9.47. The van der Waals surface area contributed by atoms with Crippen molar-refractivity contribution in [2.45, 2.75) is 25.8 Å². The van der Waals surface area contributed by atoms with Crippen molar-refractivity contribution in [2.75, 3.05) is 6.61 Å². The summed E-state index contributed by atoms with van der Waals surface area (Å²) in [5, 5.41) is 16.4. The van der Waals surface area contributed by atoms with E-state index in [0.29, 0.717) is 11.4 Å². The number of aromatic nitrogens is 4. The molecule has 150 valence electrons. The normalized spacial score (nSPS) is 11.7. The number of benzene rings is 2. The minimum Gasteiger partial charge on any atom is -0.466 e. The number of hydrogen-bond acceptors (Lipinski definition) is 6. The second-order valence-corrected chi connectivity index (χ2v) is 6.76. The molecule has 0 aliphatic carbocycles. The van der Waals surface area contributed by atoms with Crippen LogP contribution in [0.3, 0.4) is 0 Å². The molecule has 2 N–H and O–H groups in total. The molecule has 3 rings (SSSR count). The summed E-state index contributed by atoms with van der Waals surface area (Å²) >= 11 is 6.06. The molecular weight excluding hydrogens is 394 g/mol. The first-order valence-electron chi connectivity index (χ1n) is 9.10. The van der Waals surface area contributed by atoms with Gasteiger partial charge < -0.3 is 10.1 Å². The summed E-state index contributed by atoms with van der Waals surface area (Å²) < 4.78 is 5.02. The first kappa shape index (κ1) is 20.5. The van der Waals surface area contributed by atoms with Crippen LogP contribution in [0, 0.1) is 0 Å². The molecule has 0 aliphatic rings. The monoisotopic (exact) mass is 413 g/mol. The van der Waals surface area contributed by atoms with Crippen molar-refractivity contribution in [3.05, 3.63) is 64.9 Å². The van der Waals surface area contributed by atoms with E-state index in [1.807, 2.05) is 48.5 Å². The van der Waals surface area contributed by atoms with Crippen LogP contribution in [0.1, 0.15) is 29.5 Å². The van der Waals surface area contributed by atoms with E-state index in [1.165, 1.54) is 0 Å². The predicted octanol–water partition coefficient (Wildman–Crippen LogP) is 2.81. The number of nitrogens with zero attached hydrogens (tertiary/aromatic N) is 3. The molecule has 9 heteroatoms. The summed E-state index contributed by atoms with van der Waals surface area (Å²) in [5.41, 5.74) is 2.99. The summed E-state index contributed by atoms with van der Waals surface area (Å²) in [6.45, 7) is 2.01. The maximum Gasteiger partial charge on any atom is 0.307 e. The Bertz CT molecular complexity index is 961. The standard InChI is InChI=1S/C20H20ClN5O3/c1-2-29-18(27)12-17(22-20(28)19-23-25-26-24-19)10-13-6-8-14(9-7-13)15-4-3-5-16(21)11-15/h3-9,11,17H,2,10,12H2,1H3,(H,22,28)(H,23,24,25,26). The van der Waals surface area contributed by atoms with Gasteiger partial charge in [0.05, 0.1) is 13.0 Å². The van der Waals surface area contributed by atoms with Gasteiger partial charge in [0.1, 0.15) is 0 Å². The molecule has 0 radical (unpaired) electrons. The third-order valence-corrected chi connectivity index (χ3v) is 4.43. The second kappa shape index (κ2) is 9.79. The Hall–Kier alpha value is -3.26. The van der Waals surface area contributed by atoms with Crippen molar-refractivity contribution in [3.63, 3.8) is 0 Å². The third-order valence-electron chi connectivity index (χ3n) is 4.20. The molecule has 0 saturated heterocycles. The molecule has 1 heterocycles. The van der Waals surface area contributed by atoms with E-state index in [9.17, 15) is 9.59 Å². The van der Waals surface area contributed by atoms with Crippen LogP contribution >= 0.6 is 11.6 Å². The molecule has 1 amide bonds. The number of hydrogen-bond donors (Lipinski definition) is 2. The molecule has 3 aromatic rings. The van der Waals surface area contributed by atoms with Gasteiger partial charge in [0, 0.05) is 11.1 Å². The van der Waals surface area contributed by atoms with Crippen LogP contribution < -0.4 is 5.32 Å². The Morgan fingerprint density at radius 3 is 2.62 bits per heavy atom. The number of aromatic amines is 1. The molecule has 8 nitrogen and oxygen atoms in total. The van der Waals surface area contributed by atoms with Gasteiger partial charge in [-0.3, -0.25) is 9.59 Å². The van der Waals surface area contributed by atoms with Crippen molar-refractivity contribution in [3.8, 4) is 11.1 Å². The van der Waals surface area contributed by atoms with Crippen molar-refractivity contribution in [2.24, 2.45) is 0 Å². The summed E-state index contributed by atoms with van der Waals surface area (Å²) in [4.78, 5) is 24.2. The number of esters is 1. The number of ether oxygens (including phenoxy) is 1. The van der Waals surface area contributed by atoms with Crippen LogP contribution in [0.25, 0.3) is 11.1 Å². The highest BCUT2D eigenvalue weighted by Crippen LogP contribution is 2.23. The van der Waals surface area contributed by atoms with E-state index in [0.717, 1.165) is 16.7 Å². The molecule has 1 atom stereocenters. The zero-order valence-corrected chi connectivity index (χ0v) is 16.5. The predicted molar refractivity (Wildman–Crippen MR) is 107 cm³/mol. The molecule has 0 bridgehead atoms. The van der Waals surface area contributed by atoms with E-state index < -0.39 is 11.9 Å². The second-order valence-electron chi connectivity index (χ2n) is 6.33. The van der Waals surface area contributed by atoms with E-state index in [-0.39, 0.29) is 24.8 Å². The highest BCUT2D eigenvalue weighted by atomic mass is 35.5. The van der Waals surface area contributed by atoms with E-state index in [4.69, 9.17) is 16.3 Å². The molecule has 2 aromatic carbocycles. The van der Waals surface area contributed by atoms with Crippen LogP contribution in [0.4, 0.5) is 0 Å². The average molecular weight is 414 g/mol. The van der Waals surface area contributed by atoms with Gasteiger partial charge in [0.2, 0.25) is 0 Å². The number of halogens is 1. The summed E-state index contributed by atoms with van der Waals surface area (Å²) in [6, 6.07) is 15.0. The largest absolute Gasteiger partial charge is 0.466 e. The summed E-state index contributed by atoms with van der Waals surface area (Å²) in [5.74, 6) is -0.986. The minimum atomic E-state index is -0.511. The maximum absolute atomic E-state index is 12.3. The SMILES string of the molecule is CCOC(=O)CC(Cc1ccc(-c2cccc(Cl)c2)cc1)NC(=O)c1nn[nH]n1. The highest BCUT2D eigenvalue weighted by Gasteiger charge is 2.21. The van der Waals surface area contributed by atoms with Gasteiger partial charge in [0.25, 0.3) is 11.7 Å². The van der Waals surface area contributed by atoms with Crippen molar-refractivity contribution in [1.29, 1.82) is 0 Å². The van der Waals surface area contributed by atoms with Crippen molar-refractivity contribution >= 4 is 23.5 Å². The zero-order chi connectivity index (χ0) is 20.6. The number of rotatable bonds is 8. The van der Waals surface area contributed by atoms with Crippen LogP contribution in [0.2, 0.25) is 5.02 Å². The number of carbonyl (C=O) groups is 2. The Morgan fingerprint density at radius 2 is 1.97 bits per heavy atom. The first-order chi connectivity index (χ1) is 14.0. The number of tetrazole rings is 1. The van der Waals surface area contributed by atoms with E-state index >= 15 is 0 Å². The lowest BCUT2D eigenvalue weighted by molar-refractivity contribution is -0.143. The number of nitrogens with one attached hydrogen (secondary N) is 2. The molecule has 0 spiro atoms. The molecule has 1 unspecified atom stereocenters. The van der Waals surface area contributed by atoms with Gasteiger partial charge >= 0.3 is 5.97 Å². The fraction of sp³-hybridized carbons (Fsp3) is 0.250. The van der Waals surface area contributed by atoms with Gasteiger partial charge in [-0.05, 0) is 47.4 Å². The smallest absolute Gasteiger partial charge is 0.307 e. The Kier molecular flexibility index (Phi) is 6.91. The Morgan fingerprint density at radius 1 is 1.17 bits per heavy atom. The summed E-state index contributed by atoms with van der Waals surface area (Å²) in [7, 11) is 0. The van der Waals surface area contributed by atoms with Crippen LogP contribution in [-0.4, -0.2) is 45.1 Å². The topological polar surface area (TPSA) is 110 Å². The quantitative estimate of drug-likeness (QED) is 0.549. The van der Waals surface area contributed by atoms with Gasteiger partial charge in [0.15, 0.2) is 0 Å². The zero-order valence-electron chi connectivity index (χ0n) is 15.8.